The van der Waals surface area contributed by atoms with Crippen LogP contribution in [-0.2, 0) is 0 Å². The minimum absolute atomic E-state index is 0.0737. The number of carbonyl (C=O) groups excluding carboxylic acids is 1. The standard InChI is InChI=1S/C8H14N2O/c1-6-7(2)10(5)8(11)9(3)4/h1,7H,2-5H3. The van der Waals surface area contributed by atoms with Crippen LogP contribution in [0.2, 0.25) is 0 Å². The third kappa shape index (κ3) is 2.50. The van der Waals surface area contributed by atoms with Crippen molar-refractivity contribution >= 4 is 6.03 Å². The van der Waals surface area contributed by atoms with E-state index >= 15 is 0 Å². The van der Waals surface area contributed by atoms with Gasteiger partial charge < -0.3 is 9.80 Å². The first-order valence-electron chi connectivity index (χ1n) is 3.41. The van der Waals surface area contributed by atoms with Gasteiger partial charge in [0, 0.05) is 21.1 Å². The van der Waals surface area contributed by atoms with Crippen molar-refractivity contribution < 1.29 is 4.79 Å². The topological polar surface area (TPSA) is 23.6 Å². The van der Waals surface area contributed by atoms with Crippen molar-refractivity contribution in [3.05, 3.63) is 0 Å². The summed E-state index contributed by atoms with van der Waals surface area (Å²) in [5.41, 5.74) is 0. The van der Waals surface area contributed by atoms with Crippen LogP contribution < -0.4 is 0 Å². The quantitative estimate of drug-likeness (QED) is 0.508. The van der Waals surface area contributed by atoms with Gasteiger partial charge in [0.1, 0.15) is 0 Å². The number of urea groups is 1. The maximum absolute atomic E-state index is 11.2. The van der Waals surface area contributed by atoms with Gasteiger partial charge in [-0.05, 0) is 6.92 Å². The van der Waals surface area contributed by atoms with E-state index in [1.807, 2.05) is 0 Å². The minimum atomic E-state index is -0.148. The predicted octanol–water partition coefficient (Wildman–Crippen LogP) is 0.621. The summed E-state index contributed by atoms with van der Waals surface area (Å²) in [6, 6.07) is -0.222. The lowest BCUT2D eigenvalue weighted by Gasteiger charge is -2.24. The summed E-state index contributed by atoms with van der Waals surface area (Å²) < 4.78 is 0. The Hall–Kier alpha value is -1.17. The van der Waals surface area contributed by atoms with E-state index in [4.69, 9.17) is 6.42 Å². The molecule has 0 heterocycles. The molecule has 0 fully saturated rings. The zero-order valence-electron chi connectivity index (χ0n) is 7.46. The average Bonchev–Trinajstić information content (AvgIpc) is 2.00. The molecule has 0 N–H and O–H groups in total. The van der Waals surface area contributed by atoms with Gasteiger partial charge in [-0.15, -0.1) is 6.42 Å². The number of hydrogen-bond donors (Lipinski definition) is 0. The summed E-state index contributed by atoms with van der Waals surface area (Å²) in [5, 5.41) is 0. The normalized spacial score (nSPS) is 11.5. The number of amides is 2. The number of terminal acetylenes is 1. The Bertz CT molecular complexity index is 181. The Balaban J connectivity index is 4.16. The number of nitrogens with zero attached hydrogens (tertiary/aromatic N) is 2. The van der Waals surface area contributed by atoms with Gasteiger partial charge >= 0.3 is 6.03 Å². The smallest absolute Gasteiger partial charge is 0.320 e. The third-order valence-corrected chi connectivity index (χ3v) is 1.51. The lowest BCUT2D eigenvalue weighted by atomic mass is 10.3. The Morgan fingerprint density at radius 2 is 1.91 bits per heavy atom. The maximum atomic E-state index is 11.2. The first kappa shape index (κ1) is 9.83. The van der Waals surface area contributed by atoms with E-state index in [1.54, 1.807) is 28.1 Å². The van der Waals surface area contributed by atoms with Crippen molar-refractivity contribution in [2.75, 3.05) is 21.1 Å². The summed E-state index contributed by atoms with van der Waals surface area (Å²) >= 11 is 0. The molecule has 1 atom stereocenters. The second kappa shape index (κ2) is 3.87. The fourth-order valence-electron chi connectivity index (χ4n) is 0.593. The molecule has 2 amide bonds. The first-order valence-corrected chi connectivity index (χ1v) is 3.41. The molecule has 0 aromatic rings. The Morgan fingerprint density at radius 3 is 2.18 bits per heavy atom. The molecule has 0 aliphatic heterocycles. The van der Waals surface area contributed by atoms with Crippen LogP contribution in [0.1, 0.15) is 6.92 Å². The first-order chi connectivity index (χ1) is 5.00. The largest absolute Gasteiger partial charge is 0.331 e. The fourth-order valence-corrected chi connectivity index (χ4v) is 0.593. The molecule has 0 aromatic carbocycles. The molecule has 0 aliphatic rings. The molecule has 1 unspecified atom stereocenters. The van der Waals surface area contributed by atoms with Crippen LogP contribution in [0.25, 0.3) is 0 Å². The van der Waals surface area contributed by atoms with Crippen molar-refractivity contribution in [1.82, 2.24) is 9.80 Å². The molecule has 3 heteroatoms. The van der Waals surface area contributed by atoms with Gasteiger partial charge in [0.05, 0.1) is 6.04 Å². The molecular weight excluding hydrogens is 140 g/mol. The maximum Gasteiger partial charge on any atom is 0.320 e. The highest BCUT2D eigenvalue weighted by atomic mass is 16.2. The van der Waals surface area contributed by atoms with Gasteiger partial charge in [-0.2, -0.15) is 0 Å². The van der Waals surface area contributed by atoms with Crippen LogP contribution in [0.15, 0.2) is 0 Å². The van der Waals surface area contributed by atoms with E-state index in [9.17, 15) is 4.79 Å². The zero-order valence-corrected chi connectivity index (χ0v) is 7.46. The van der Waals surface area contributed by atoms with Crippen molar-refractivity contribution in [2.45, 2.75) is 13.0 Å². The summed E-state index contributed by atoms with van der Waals surface area (Å²) in [5.74, 6) is 2.48. The zero-order chi connectivity index (χ0) is 9.02. The van der Waals surface area contributed by atoms with Crippen molar-refractivity contribution in [3.63, 3.8) is 0 Å². The predicted molar refractivity (Wildman–Crippen MR) is 45.1 cm³/mol. The number of rotatable bonds is 1. The van der Waals surface area contributed by atoms with Gasteiger partial charge in [0.15, 0.2) is 0 Å². The molecule has 0 bridgehead atoms. The van der Waals surface area contributed by atoms with Crippen molar-refractivity contribution in [1.29, 1.82) is 0 Å². The molecule has 0 saturated carbocycles. The Labute approximate surface area is 68.0 Å². The highest BCUT2D eigenvalue weighted by Crippen LogP contribution is 1.96. The lowest BCUT2D eigenvalue weighted by Crippen LogP contribution is -2.41. The van der Waals surface area contributed by atoms with Gasteiger partial charge in [-0.3, -0.25) is 0 Å². The van der Waals surface area contributed by atoms with Crippen LogP contribution >= 0.6 is 0 Å². The van der Waals surface area contributed by atoms with E-state index in [2.05, 4.69) is 5.92 Å². The van der Waals surface area contributed by atoms with Crippen LogP contribution in [0.3, 0.4) is 0 Å². The SMILES string of the molecule is C#CC(C)N(C)C(=O)N(C)C. The molecule has 0 rings (SSSR count). The monoisotopic (exact) mass is 154 g/mol. The molecule has 0 spiro atoms. The van der Waals surface area contributed by atoms with Crippen molar-refractivity contribution in [2.24, 2.45) is 0 Å². The molecule has 0 aliphatic carbocycles. The highest BCUT2D eigenvalue weighted by Gasteiger charge is 2.14. The van der Waals surface area contributed by atoms with Gasteiger partial charge in [0.2, 0.25) is 0 Å². The number of hydrogen-bond acceptors (Lipinski definition) is 1. The van der Waals surface area contributed by atoms with E-state index in [0.717, 1.165) is 0 Å². The number of carbonyl (C=O) groups is 1. The van der Waals surface area contributed by atoms with Crippen LogP contribution in [0.4, 0.5) is 4.79 Å². The molecule has 62 valence electrons. The van der Waals surface area contributed by atoms with Gasteiger partial charge in [0.25, 0.3) is 0 Å². The lowest BCUT2D eigenvalue weighted by molar-refractivity contribution is 0.176. The van der Waals surface area contributed by atoms with Crippen LogP contribution in [0, 0.1) is 12.3 Å². The van der Waals surface area contributed by atoms with Crippen molar-refractivity contribution in [3.8, 4) is 12.3 Å². The highest BCUT2D eigenvalue weighted by molar-refractivity contribution is 5.74. The molecule has 0 saturated heterocycles. The van der Waals surface area contributed by atoms with E-state index in [0.29, 0.717) is 0 Å². The summed E-state index contributed by atoms with van der Waals surface area (Å²) in [6.45, 7) is 1.81. The van der Waals surface area contributed by atoms with Gasteiger partial charge in [-0.25, -0.2) is 4.79 Å². The van der Waals surface area contributed by atoms with Crippen LogP contribution in [-0.4, -0.2) is 43.0 Å². The third-order valence-electron chi connectivity index (χ3n) is 1.51. The second-order valence-electron chi connectivity index (χ2n) is 2.63. The van der Waals surface area contributed by atoms with E-state index in [1.165, 1.54) is 9.80 Å². The molecule has 0 aromatic heterocycles. The average molecular weight is 154 g/mol. The second-order valence-corrected chi connectivity index (χ2v) is 2.63. The Kier molecular flexibility index (Phi) is 3.46. The summed E-state index contributed by atoms with van der Waals surface area (Å²) in [6.07, 6.45) is 5.15. The van der Waals surface area contributed by atoms with Crippen LogP contribution in [0.5, 0.6) is 0 Å². The molecule has 0 radical (unpaired) electrons. The van der Waals surface area contributed by atoms with E-state index < -0.39 is 0 Å². The van der Waals surface area contributed by atoms with E-state index in [-0.39, 0.29) is 12.1 Å². The Morgan fingerprint density at radius 1 is 1.45 bits per heavy atom. The summed E-state index contributed by atoms with van der Waals surface area (Å²) in [4.78, 5) is 14.2. The fraction of sp³-hybridized carbons (Fsp3) is 0.625. The molecule has 3 nitrogen and oxygen atoms in total. The summed E-state index contributed by atoms with van der Waals surface area (Å²) in [7, 11) is 5.08. The van der Waals surface area contributed by atoms with Gasteiger partial charge in [-0.1, -0.05) is 5.92 Å². The molecule has 11 heavy (non-hydrogen) atoms. The minimum Gasteiger partial charge on any atom is -0.331 e. The molecular formula is C8H14N2O.